The zero-order valence-corrected chi connectivity index (χ0v) is 7.54. The molecule has 0 radical (unpaired) electrons. The van der Waals surface area contributed by atoms with Crippen LogP contribution in [0.2, 0.25) is 0 Å². The van der Waals surface area contributed by atoms with Gasteiger partial charge < -0.3 is 19.9 Å². The molecule has 1 saturated heterocycles. The summed E-state index contributed by atoms with van der Waals surface area (Å²) in [7, 11) is 0. The van der Waals surface area contributed by atoms with Crippen LogP contribution in [-0.4, -0.2) is 24.2 Å². The van der Waals surface area contributed by atoms with E-state index in [2.05, 4.69) is 5.32 Å². The molecule has 1 unspecified atom stereocenters. The van der Waals surface area contributed by atoms with Crippen molar-refractivity contribution in [2.45, 2.75) is 19.1 Å². The zero-order chi connectivity index (χ0) is 9.31. The lowest BCUT2D eigenvalue weighted by Gasteiger charge is -2.25. The lowest BCUT2D eigenvalue weighted by molar-refractivity contribution is -0.151. The number of rotatable bonds is 2. The van der Waals surface area contributed by atoms with E-state index in [1.165, 1.54) is 0 Å². The third-order valence-electron chi connectivity index (χ3n) is 2.17. The fourth-order valence-corrected chi connectivity index (χ4v) is 1.53. The molecule has 1 aliphatic heterocycles. The number of nitrogens with one attached hydrogen (secondary N) is 1. The first-order valence-electron chi connectivity index (χ1n) is 4.39. The summed E-state index contributed by atoms with van der Waals surface area (Å²) < 4.78 is 10.2. The van der Waals surface area contributed by atoms with Gasteiger partial charge in [0.15, 0.2) is 12.6 Å². The van der Waals surface area contributed by atoms with E-state index in [1.807, 2.05) is 13.0 Å². The van der Waals surface area contributed by atoms with Crippen molar-refractivity contribution >= 4 is 0 Å². The van der Waals surface area contributed by atoms with Gasteiger partial charge in [0.2, 0.25) is 5.79 Å². The Bertz CT molecular complexity index is 272. The van der Waals surface area contributed by atoms with Crippen molar-refractivity contribution in [3.63, 3.8) is 0 Å². The van der Waals surface area contributed by atoms with E-state index in [-0.39, 0.29) is 6.79 Å². The maximum absolute atomic E-state index is 9.91. The standard InChI is InChI=1S/C9H13NO3/c1-2-10-7-3-4-8-9(11,5-7)13-6-12-8/h3-4,10-11H,2,5-6H2,1H3. The molecule has 2 aliphatic rings. The van der Waals surface area contributed by atoms with Crippen LogP contribution in [0.1, 0.15) is 13.3 Å². The topological polar surface area (TPSA) is 50.7 Å². The van der Waals surface area contributed by atoms with E-state index in [1.54, 1.807) is 6.08 Å². The van der Waals surface area contributed by atoms with Gasteiger partial charge in [-0.2, -0.15) is 0 Å². The van der Waals surface area contributed by atoms with Crippen LogP contribution in [0, 0.1) is 0 Å². The number of fused-ring (bicyclic) bond motifs is 1. The molecular formula is C9H13NO3. The second-order valence-corrected chi connectivity index (χ2v) is 3.12. The Kier molecular flexibility index (Phi) is 2.01. The van der Waals surface area contributed by atoms with Gasteiger partial charge in [-0.05, 0) is 19.1 Å². The Morgan fingerprint density at radius 1 is 1.62 bits per heavy atom. The first-order valence-corrected chi connectivity index (χ1v) is 4.39. The number of hydrogen-bond donors (Lipinski definition) is 2. The molecule has 1 aliphatic carbocycles. The van der Waals surface area contributed by atoms with Gasteiger partial charge in [-0.1, -0.05) is 0 Å². The molecule has 4 nitrogen and oxygen atoms in total. The fourth-order valence-electron chi connectivity index (χ4n) is 1.53. The summed E-state index contributed by atoms with van der Waals surface area (Å²) in [6.45, 7) is 2.98. The number of hydrogen-bond acceptors (Lipinski definition) is 4. The van der Waals surface area contributed by atoms with Crippen LogP contribution in [0.3, 0.4) is 0 Å². The maximum atomic E-state index is 9.91. The van der Waals surface area contributed by atoms with Gasteiger partial charge in [-0.15, -0.1) is 0 Å². The predicted octanol–water partition coefficient (Wildman–Crippen LogP) is 0.460. The van der Waals surface area contributed by atoms with E-state index in [9.17, 15) is 5.11 Å². The van der Waals surface area contributed by atoms with E-state index in [4.69, 9.17) is 9.47 Å². The number of allylic oxidation sites excluding steroid dienone is 2. The molecule has 0 bridgehead atoms. The minimum atomic E-state index is -1.23. The molecule has 0 aromatic rings. The number of ether oxygens (including phenoxy) is 2. The fraction of sp³-hybridized carbons (Fsp3) is 0.556. The summed E-state index contributed by atoms with van der Waals surface area (Å²) in [6, 6.07) is 0. The number of aliphatic hydroxyl groups is 1. The van der Waals surface area contributed by atoms with E-state index < -0.39 is 5.79 Å². The summed E-state index contributed by atoms with van der Waals surface area (Å²) in [5, 5.41) is 13.1. The van der Waals surface area contributed by atoms with Gasteiger partial charge in [-0.3, -0.25) is 0 Å². The zero-order valence-electron chi connectivity index (χ0n) is 7.54. The molecule has 0 spiro atoms. The first kappa shape index (κ1) is 8.59. The molecule has 2 N–H and O–H groups in total. The summed E-state index contributed by atoms with van der Waals surface area (Å²) in [5.74, 6) is -0.721. The van der Waals surface area contributed by atoms with Gasteiger partial charge in [0.05, 0.1) is 0 Å². The summed E-state index contributed by atoms with van der Waals surface area (Å²) >= 11 is 0. The van der Waals surface area contributed by atoms with Crippen molar-refractivity contribution in [1.82, 2.24) is 5.32 Å². The lowest BCUT2D eigenvalue weighted by Crippen LogP contribution is -2.34. The van der Waals surface area contributed by atoms with Crippen molar-refractivity contribution in [1.29, 1.82) is 0 Å². The molecule has 1 atom stereocenters. The Morgan fingerprint density at radius 3 is 3.23 bits per heavy atom. The van der Waals surface area contributed by atoms with Gasteiger partial charge in [0.25, 0.3) is 0 Å². The Balaban J connectivity index is 2.16. The summed E-state index contributed by atoms with van der Waals surface area (Å²) in [5.41, 5.74) is 0.972. The van der Waals surface area contributed by atoms with Crippen molar-refractivity contribution in [3.8, 4) is 0 Å². The van der Waals surface area contributed by atoms with Crippen LogP contribution >= 0.6 is 0 Å². The van der Waals surface area contributed by atoms with E-state index >= 15 is 0 Å². The van der Waals surface area contributed by atoms with E-state index in [0.29, 0.717) is 12.2 Å². The smallest absolute Gasteiger partial charge is 0.233 e. The van der Waals surface area contributed by atoms with Crippen LogP contribution in [0.4, 0.5) is 0 Å². The molecular weight excluding hydrogens is 170 g/mol. The van der Waals surface area contributed by atoms with Crippen LogP contribution in [0.5, 0.6) is 0 Å². The predicted molar refractivity (Wildman–Crippen MR) is 46.4 cm³/mol. The van der Waals surface area contributed by atoms with Gasteiger partial charge >= 0.3 is 0 Å². The highest BCUT2D eigenvalue weighted by Gasteiger charge is 2.42. The van der Waals surface area contributed by atoms with Gasteiger partial charge in [0, 0.05) is 18.7 Å². The van der Waals surface area contributed by atoms with Crippen LogP contribution in [0.25, 0.3) is 0 Å². The molecule has 13 heavy (non-hydrogen) atoms. The summed E-state index contributed by atoms with van der Waals surface area (Å²) in [6.07, 6.45) is 4.09. The molecule has 1 fully saturated rings. The lowest BCUT2D eigenvalue weighted by atomic mass is 10.0. The second kappa shape index (κ2) is 3.05. The Hall–Kier alpha value is -1.00. The average Bonchev–Trinajstić information content (AvgIpc) is 2.45. The normalized spacial score (nSPS) is 31.5. The van der Waals surface area contributed by atoms with Crippen molar-refractivity contribution in [2.24, 2.45) is 0 Å². The molecule has 0 saturated carbocycles. The Morgan fingerprint density at radius 2 is 2.46 bits per heavy atom. The SMILES string of the molecule is CCNC1=CC=C2OCOC2(O)C1. The average molecular weight is 183 g/mol. The highest BCUT2D eigenvalue weighted by Crippen LogP contribution is 2.34. The molecule has 2 rings (SSSR count). The van der Waals surface area contributed by atoms with Crippen molar-refractivity contribution < 1.29 is 14.6 Å². The van der Waals surface area contributed by atoms with Gasteiger partial charge in [-0.25, -0.2) is 0 Å². The minimum Gasteiger partial charge on any atom is -0.466 e. The van der Waals surface area contributed by atoms with Crippen LogP contribution < -0.4 is 5.32 Å². The molecule has 0 amide bonds. The van der Waals surface area contributed by atoms with Crippen molar-refractivity contribution in [2.75, 3.05) is 13.3 Å². The molecule has 4 heteroatoms. The summed E-state index contributed by atoms with van der Waals surface area (Å²) in [4.78, 5) is 0. The monoisotopic (exact) mass is 183 g/mol. The maximum Gasteiger partial charge on any atom is 0.233 e. The minimum absolute atomic E-state index is 0.135. The largest absolute Gasteiger partial charge is 0.466 e. The Labute approximate surface area is 76.8 Å². The van der Waals surface area contributed by atoms with Gasteiger partial charge in [0.1, 0.15) is 0 Å². The highest BCUT2D eigenvalue weighted by molar-refractivity contribution is 5.27. The highest BCUT2D eigenvalue weighted by atomic mass is 16.8. The van der Waals surface area contributed by atoms with Crippen LogP contribution in [0.15, 0.2) is 23.6 Å². The first-order chi connectivity index (χ1) is 6.24. The quantitative estimate of drug-likeness (QED) is 0.653. The third kappa shape index (κ3) is 1.43. The molecule has 0 aromatic heterocycles. The van der Waals surface area contributed by atoms with Crippen LogP contribution in [-0.2, 0) is 9.47 Å². The second-order valence-electron chi connectivity index (χ2n) is 3.12. The molecule has 1 heterocycles. The molecule has 72 valence electrons. The third-order valence-corrected chi connectivity index (χ3v) is 2.17. The van der Waals surface area contributed by atoms with Crippen molar-refractivity contribution in [3.05, 3.63) is 23.6 Å². The van der Waals surface area contributed by atoms with E-state index in [0.717, 1.165) is 12.2 Å². The molecule has 0 aromatic carbocycles.